The molecule has 4 bridgehead atoms. The van der Waals surface area contributed by atoms with Gasteiger partial charge < -0.3 is 15.7 Å². The van der Waals surface area contributed by atoms with Crippen molar-refractivity contribution in [2.45, 2.75) is 58.0 Å². The molecule has 0 aromatic heterocycles. The summed E-state index contributed by atoms with van der Waals surface area (Å²) in [5.41, 5.74) is 0.339. The number of carbonyl (C=O) groups excluding carboxylic acids is 1. The maximum absolute atomic E-state index is 12.2. The Balaban J connectivity index is 1.41. The maximum atomic E-state index is 12.2. The van der Waals surface area contributed by atoms with E-state index in [9.17, 15) is 4.79 Å². The Kier molecular flexibility index (Phi) is 4.55. The lowest BCUT2D eigenvalue weighted by Gasteiger charge is -2.56. The van der Waals surface area contributed by atoms with Crippen molar-refractivity contribution in [2.75, 3.05) is 19.6 Å². The van der Waals surface area contributed by atoms with E-state index in [2.05, 4.69) is 10.6 Å². The predicted octanol–water partition coefficient (Wildman–Crippen LogP) is 1.68. The summed E-state index contributed by atoms with van der Waals surface area (Å²) in [6, 6.07) is 0. The Morgan fingerprint density at radius 3 is 2.24 bits per heavy atom. The first-order valence-corrected chi connectivity index (χ1v) is 8.70. The molecule has 0 aromatic carbocycles. The molecule has 3 N–H and O–H groups in total. The number of carbonyl (C=O) groups is 1. The molecule has 0 heterocycles. The minimum absolute atomic E-state index is 0.232. The third-order valence-electron chi connectivity index (χ3n) is 5.76. The molecule has 4 rings (SSSR count). The first kappa shape index (κ1) is 15.3. The summed E-state index contributed by atoms with van der Waals surface area (Å²) in [4.78, 5) is 12.2. The SMILES string of the molecule is CC(O)CNCCNC(=O)CC12CC3CC(CC(C3)C1)C2. The molecule has 1 unspecified atom stereocenters. The van der Waals surface area contributed by atoms with Crippen LogP contribution in [-0.2, 0) is 4.79 Å². The number of hydrogen-bond acceptors (Lipinski definition) is 3. The van der Waals surface area contributed by atoms with Crippen molar-refractivity contribution in [3.63, 3.8) is 0 Å². The summed E-state index contributed by atoms with van der Waals surface area (Å²) >= 11 is 0. The van der Waals surface area contributed by atoms with Crippen molar-refractivity contribution >= 4 is 5.91 Å². The van der Waals surface area contributed by atoms with Crippen LogP contribution in [0, 0.1) is 23.2 Å². The number of rotatable bonds is 7. The zero-order valence-corrected chi connectivity index (χ0v) is 13.2. The number of hydrogen-bond donors (Lipinski definition) is 3. The third kappa shape index (κ3) is 3.78. The molecule has 1 amide bonds. The van der Waals surface area contributed by atoms with Gasteiger partial charge in [-0.05, 0) is 68.6 Å². The predicted molar refractivity (Wildman–Crippen MR) is 82.8 cm³/mol. The smallest absolute Gasteiger partial charge is 0.220 e. The molecule has 120 valence electrons. The van der Waals surface area contributed by atoms with Crippen LogP contribution in [0.3, 0.4) is 0 Å². The number of nitrogens with one attached hydrogen (secondary N) is 2. The molecule has 0 aliphatic heterocycles. The summed E-state index contributed by atoms with van der Waals surface area (Å²) in [6.07, 6.45) is 8.62. The van der Waals surface area contributed by atoms with Gasteiger partial charge in [-0.1, -0.05) is 0 Å². The van der Waals surface area contributed by atoms with Crippen LogP contribution in [0.5, 0.6) is 0 Å². The number of amides is 1. The highest BCUT2D eigenvalue weighted by atomic mass is 16.3. The first-order chi connectivity index (χ1) is 10.0. The van der Waals surface area contributed by atoms with E-state index < -0.39 is 0 Å². The molecule has 0 aromatic rings. The standard InChI is InChI=1S/C17H30N2O2/c1-12(20)11-18-2-3-19-16(21)10-17-7-13-4-14(8-17)6-15(5-13)9-17/h12-15,18,20H,2-11H2,1H3,(H,19,21). The monoisotopic (exact) mass is 294 g/mol. The van der Waals surface area contributed by atoms with E-state index in [1.807, 2.05) is 0 Å². The van der Waals surface area contributed by atoms with Crippen LogP contribution in [0.4, 0.5) is 0 Å². The Hall–Kier alpha value is -0.610. The van der Waals surface area contributed by atoms with Crippen LogP contribution >= 0.6 is 0 Å². The quantitative estimate of drug-likeness (QED) is 0.626. The summed E-state index contributed by atoms with van der Waals surface area (Å²) in [5.74, 6) is 2.97. The van der Waals surface area contributed by atoms with Gasteiger partial charge in [0.25, 0.3) is 0 Å². The van der Waals surface area contributed by atoms with E-state index in [0.717, 1.165) is 30.7 Å². The fourth-order valence-corrected chi connectivity index (χ4v) is 5.51. The van der Waals surface area contributed by atoms with Crippen LogP contribution in [0.1, 0.15) is 51.9 Å². The molecule has 0 spiro atoms. The van der Waals surface area contributed by atoms with E-state index in [0.29, 0.717) is 18.5 Å². The normalized spacial score (nSPS) is 38.5. The Morgan fingerprint density at radius 1 is 1.14 bits per heavy atom. The van der Waals surface area contributed by atoms with Gasteiger partial charge in [0.2, 0.25) is 5.91 Å². The molecule has 0 saturated heterocycles. The highest BCUT2D eigenvalue weighted by Crippen LogP contribution is 2.61. The van der Waals surface area contributed by atoms with E-state index in [1.165, 1.54) is 38.5 Å². The first-order valence-electron chi connectivity index (χ1n) is 8.70. The highest BCUT2D eigenvalue weighted by molar-refractivity contribution is 5.76. The molecule has 0 radical (unpaired) electrons. The van der Waals surface area contributed by atoms with Crippen molar-refractivity contribution in [2.24, 2.45) is 23.2 Å². The molecule has 4 aliphatic carbocycles. The lowest BCUT2D eigenvalue weighted by Crippen LogP contribution is -2.48. The average molecular weight is 294 g/mol. The van der Waals surface area contributed by atoms with Gasteiger partial charge in [0.1, 0.15) is 0 Å². The topological polar surface area (TPSA) is 61.4 Å². The lowest BCUT2D eigenvalue weighted by atomic mass is 9.49. The van der Waals surface area contributed by atoms with Crippen LogP contribution in [0.2, 0.25) is 0 Å². The average Bonchev–Trinajstić information content (AvgIpc) is 2.35. The zero-order valence-electron chi connectivity index (χ0n) is 13.2. The van der Waals surface area contributed by atoms with E-state index in [-0.39, 0.29) is 12.0 Å². The largest absolute Gasteiger partial charge is 0.392 e. The minimum atomic E-state index is -0.326. The van der Waals surface area contributed by atoms with E-state index in [1.54, 1.807) is 6.92 Å². The van der Waals surface area contributed by atoms with Crippen molar-refractivity contribution in [1.82, 2.24) is 10.6 Å². The van der Waals surface area contributed by atoms with Crippen LogP contribution < -0.4 is 10.6 Å². The molecule has 4 fully saturated rings. The Morgan fingerprint density at radius 2 is 1.71 bits per heavy atom. The van der Waals surface area contributed by atoms with Gasteiger partial charge in [0.05, 0.1) is 6.10 Å². The number of aliphatic hydroxyl groups is 1. The Bertz CT molecular complexity index is 346. The van der Waals surface area contributed by atoms with E-state index >= 15 is 0 Å². The Labute approximate surface area is 128 Å². The lowest BCUT2D eigenvalue weighted by molar-refractivity contribution is -0.129. The molecular formula is C17H30N2O2. The van der Waals surface area contributed by atoms with Gasteiger partial charge in [0.15, 0.2) is 0 Å². The van der Waals surface area contributed by atoms with Crippen molar-refractivity contribution in [3.05, 3.63) is 0 Å². The molecule has 1 atom stereocenters. The van der Waals surface area contributed by atoms with Crippen LogP contribution in [-0.4, -0.2) is 36.8 Å². The summed E-state index contributed by atoms with van der Waals surface area (Å²) in [5, 5.41) is 15.3. The highest BCUT2D eigenvalue weighted by Gasteiger charge is 2.51. The van der Waals surface area contributed by atoms with Gasteiger partial charge in [0, 0.05) is 26.1 Å². The van der Waals surface area contributed by atoms with Gasteiger partial charge in [-0.15, -0.1) is 0 Å². The second-order valence-electron chi connectivity index (χ2n) is 8.00. The second-order valence-corrected chi connectivity index (χ2v) is 8.00. The van der Waals surface area contributed by atoms with Gasteiger partial charge in [-0.2, -0.15) is 0 Å². The molecule has 4 saturated carbocycles. The van der Waals surface area contributed by atoms with Gasteiger partial charge >= 0.3 is 0 Å². The fourth-order valence-electron chi connectivity index (χ4n) is 5.51. The van der Waals surface area contributed by atoms with Crippen LogP contribution in [0.25, 0.3) is 0 Å². The molecule has 4 heteroatoms. The van der Waals surface area contributed by atoms with Crippen molar-refractivity contribution < 1.29 is 9.90 Å². The molecule has 4 aliphatic rings. The minimum Gasteiger partial charge on any atom is -0.392 e. The summed E-state index contributed by atoms with van der Waals surface area (Å²) < 4.78 is 0. The van der Waals surface area contributed by atoms with Crippen LogP contribution in [0.15, 0.2) is 0 Å². The zero-order chi connectivity index (χ0) is 14.9. The molecule has 21 heavy (non-hydrogen) atoms. The number of aliphatic hydroxyl groups excluding tert-OH is 1. The molecular weight excluding hydrogens is 264 g/mol. The van der Waals surface area contributed by atoms with Crippen molar-refractivity contribution in [3.8, 4) is 0 Å². The van der Waals surface area contributed by atoms with Gasteiger partial charge in [-0.3, -0.25) is 4.79 Å². The maximum Gasteiger partial charge on any atom is 0.220 e. The van der Waals surface area contributed by atoms with E-state index in [4.69, 9.17) is 5.11 Å². The summed E-state index contributed by atoms with van der Waals surface area (Å²) in [7, 11) is 0. The van der Waals surface area contributed by atoms with Crippen molar-refractivity contribution in [1.29, 1.82) is 0 Å². The fraction of sp³-hybridized carbons (Fsp3) is 0.941. The second kappa shape index (κ2) is 6.25. The van der Waals surface area contributed by atoms with Gasteiger partial charge in [-0.25, -0.2) is 0 Å². The third-order valence-corrected chi connectivity index (χ3v) is 5.76. The summed E-state index contributed by atoms with van der Waals surface area (Å²) in [6.45, 7) is 3.75. The molecule has 4 nitrogen and oxygen atoms in total.